The second kappa shape index (κ2) is 4.15. The summed E-state index contributed by atoms with van der Waals surface area (Å²) in [5, 5.41) is 8.55. The van der Waals surface area contributed by atoms with E-state index in [4.69, 9.17) is 10.8 Å². The Morgan fingerprint density at radius 1 is 1.41 bits per heavy atom. The van der Waals surface area contributed by atoms with Crippen molar-refractivity contribution >= 4 is 11.8 Å². The first-order valence-corrected chi connectivity index (χ1v) is 4.03. The van der Waals surface area contributed by atoms with E-state index in [2.05, 4.69) is 4.98 Å². The van der Waals surface area contributed by atoms with Crippen molar-refractivity contribution in [2.75, 3.05) is 5.73 Å². The van der Waals surface area contributed by atoms with Crippen LogP contribution in [0.1, 0.15) is 27.9 Å². The number of carboxylic acid groups (broad SMARTS) is 1. The predicted octanol–water partition coefficient (Wildman–Crippen LogP) is 2.32. The van der Waals surface area contributed by atoms with E-state index in [-0.39, 0.29) is 6.20 Å². The molecule has 0 aliphatic carbocycles. The Balaban J connectivity index is 3.68. The number of nitrogen functional groups attached to an aromatic ring is 1. The van der Waals surface area contributed by atoms with Crippen LogP contribution in [0.25, 0.3) is 0 Å². The molecule has 0 unspecified atom stereocenters. The smallest absolute Gasteiger partial charge is 0.417 e. The SMILES string of the molecule is Nc1ncc(C(F)F)c(C(F)(F)F)c1C(=O)O. The molecule has 1 aromatic heterocycles. The quantitative estimate of drug-likeness (QED) is 0.796. The molecular formula is C8H5F5N2O2. The zero-order valence-corrected chi connectivity index (χ0v) is 7.92. The van der Waals surface area contributed by atoms with Gasteiger partial charge in [-0.15, -0.1) is 0 Å². The van der Waals surface area contributed by atoms with Crippen LogP contribution in [-0.2, 0) is 6.18 Å². The van der Waals surface area contributed by atoms with Gasteiger partial charge in [-0.1, -0.05) is 0 Å². The van der Waals surface area contributed by atoms with Crippen LogP contribution in [-0.4, -0.2) is 16.1 Å². The summed E-state index contributed by atoms with van der Waals surface area (Å²) >= 11 is 0. The van der Waals surface area contributed by atoms with E-state index in [0.29, 0.717) is 0 Å². The van der Waals surface area contributed by atoms with Crippen molar-refractivity contribution in [2.45, 2.75) is 12.6 Å². The molecule has 1 heterocycles. The van der Waals surface area contributed by atoms with Crippen molar-refractivity contribution in [3.8, 4) is 0 Å². The summed E-state index contributed by atoms with van der Waals surface area (Å²) in [6.45, 7) is 0. The van der Waals surface area contributed by atoms with Gasteiger partial charge in [-0.25, -0.2) is 18.6 Å². The van der Waals surface area contributed by atoms with Crippen LogP contribution in [0.4, 0.5) is 27.8 Å². The molecule has 0 aliphatic heterocycles. The third-order valence-corrected chi connectivity index (χ3v) is 1.87. The minimum Gasteiger partial charge on any atom is -0.478 e. The number of nitrogens with zero attached hydrogens (tertiary/aromatic N) is 1. The molecule has 0 spiro atoms. The van der Waals surface area contributed by atoms with Crippen LogP contribution in [0.5, 0.6) is 0 Å². The van der Waals surface area contributed by atoms with E-state index in [1.165, 1.54) is 0 Å². The second-order valence-corrected chi connectivity index (χ2v) is 2.95. The number of hydrogen-bond donors (Lipinski definition) is 2. The monoisotopic (exact) mass is 256 g/mol. The Hall–Kier alpha value is -1.93. The molecule has 0 fully saturated rings. The zero-order valence-electron chi connectivity index (χ0n) is 7.92. The van der Waals surface area contributed by atoms with Crippen molar-refractivity contribution in [2.24, 2.45) is 0 Å². The van der Waals surface area contributed by atoms with Crippen LogP contribution in [0.15, 0.2) is 6.20 Å². The summed E-state index contributed by atoms with van der Waals surface area (Å²) in [5.41, 5.74) is 0.0131. The van der Waals surface area contributed by atoms with E-state index in [1.54, 1.807) is 0 Å². The van der Waals surface area contributed by atoms with Crippen LogP contribution < -0.4 is 5.73 Å². The number of aromatic nitrogens is 1. The number of carboxylic acids is 1. The molecule has 0 saturated heterocycles. The number of anilines is 1. The lowest BCUT2D eigenvalue weighted by Gasteiger charge is -2.15. The number of alkyl halides is 5. The third-order valence-electron chi connectivity index (χ3n) is 1.87. The van der Waals surface area contributed by atoms with Crippen molar-refractivity contribution in [1.29, 1.82) is 0 Å². The van der Waals surface area contributed by atoms with Gasteiger partial charge in [0.15, 0.2) is 0 Å². The molecule has 4 nitrogen and oxygen atoms in total. The van der Waals surface area contributed by atoms with Crippen molar-refractivity contribution in [1.82, 2.24) is 4.98 Å². The summed E-state index contributed by atoms with van der Waals surface area (Å²) in [4.78, 5) is 13.6. The number of hydrogen-bond acceptors (Lipinski definition) is 3. The van der Waals surface area contributed by atoms with Gasteiger partial charge in [0, 0.05) is 11.8 Å². The summed E-state index contributed by atoms with van der Waals surface area (Å²) in [6.07, 6.45) is -8.54. The highest BCUT2D eigenvalue weighted by Gasteiger charge is 2.41. The van der Waals surface area contributed by atoms with E-state index in [0.717, 1.165) is 0 Å². The number of nitrogens with two attached hydrogens (primary N) is 1. The fourth-order valence-electron chi connectivity index (χ4n) is 1.23. The van der Waals surface area contributed by atoms with Crippen molar-refractivity contribution < 1.29 is 31.9 Å². The number of rotatable bonds is 2. The highest BCUT2D eigenvalue weighted by Crippen LogP contribution is 2.39. The Labute approximate surface area is 90.9 Å². The van der Waals surface area contributed by atoms with E-state index in [1.807, 2.05) is 0 Å². The third kappa shape index (κ3) is 2.43. The topological polar surface area (TPSA) is 76.2 Å². The lowest BCUT2D eigenvalue weighted by Crippen LogP contribution is -2.19. The minimum absolute atomic E-state index is 0.218. The van der Waals surface area contributed by atoms with Gasteiger partial charge in [-0.2, -0.15) is 13.2 Å². The molecule has 0 aliphatic rings. The van der Waals surface area contributed by atoms with Gasteiger partial charge in [-0.05, 0) is 0 Å². The average molecular weight is 256 g/mol. The molecule has 0 saturated carbocycles. The highest BCUT2D eigenvalue weighted by molar-refractivity contribution is 5.95. The van der Waals surface area contributed by atoms with Gasteiger partial charge in [0.1, 0.15) is 11.4 Å². The predicted molar refractivity (Wildman–Crippen MR) is 45.6 cm³/mol. The van der Waals surface area contributed by atoms with E-state index >= 15 is 0 Å². The maximum absolute atomic E-state index is 12.5. The molecule has 0 atom stereocenters. The Morgan fingerprint density at radius 2 is 1.94 bits per heavy atom. The highest BCUT2D eigenvalue weighted by atomic mass is 19.4. The van der Waals surface area contributed by atoms with Crippen molar-refractivity contribution in [3.63, 3.8) is 0 Å². The molecule has 17 heavy (non-hydrogen) atoms. The molecule has 0 bridgehead atoms. The van der Waals surface area contributed by atoms with Gasteiger partial charge in [-0.3, -0.25) is 0 Å². The van der Waals surface area contributed by atoms with Gasteiger partial charge in [0.2, 0.25) is 0 Å². The first-order chi connectivity index (χ1) is 7.66. The number of pyridine rings is 1. The number of aromatic carboxylic acids is 1. The normalized spacial score (nSPS) is 11.9. The Kier molecular flexibility index (Phi) is 3.21. The van der Waals surface area contributed by atoms with Crippen LogP contribution in [0.3, 0.4) is 0 Å². The minimum atomic E-state index is -5.25. The van der Waals surface area contributed by atoms with Gasteiger partial charge < -0.3 is 10.8 Å². The Morgan fingerprint density at radius 3 is 2.29 bits per heavy atom. The molecule has 0 aromatic carbocycles. The first-order valence-electron chi connectivity index (χ1n) is 4.03. The largest absolute Gasteiger partial charge is 0.478 e. The summed E-state index contributed by atoms with van der Waals surface area (Å²) in [7, 11) is 0. The first kappa shape index (κ1) is 13.1. The Bertz CT molecular complexity index is 458. The maximum Gasteiger partial charge on any atom is 0.417 e. The molecule has 3 N–H and O–H groups in total. The second-order valence-electron chi connectivity index (χ2n) is 2.95. The summed E-state index contributed by atoms with van der Waals surface area (Å²) < 4.78 is 62.3. The van der Waals surface area contributed by atoms with Gasteiger partial charge in [0.05, 0.1) is 5.56 Å². The average Bonchev–Trinajstić information content (AvgIpc) is 2.14. The number of carbonyl (C=O) groups is 1. The molecule has 9 heteroatoms. The molecular weight excluding hydrogens is 251 g/mol. The number of halogens is 5. The standard InChI is InChI=1S/C8H5F5N2O2/c9-5(10)2-1-15-6(14)3(7(16)17)4(2)8(11,12)13/h1,5H,(H2,14,15)(H,16,17). The lowest BCUT2D eigenvalue weighted by atomic mass is 10.0. The van der Waals surface area contributed by atoms with E-state index in [9.17, 15) is 26.7 Å². The fraction of sp³-hybridized carbons (Fsp3) is 0.250. The molecule has 0 radical (unpaired) electrons. The van der Waals surface area contributed by atoms with Crippen LogP contribution >= 0.6 is 0 Å². The van der Waals surface area contributed by atoms with E-state index < -0.39 is 41.1 Å². The summed E-state index contributed by atoms with van der Waals surface area (Å²) in [5.74, 6) is -3.03. The summed E-state index contributed by atoms with van der Waals surface area (Å²) in [6, 6.07) is 0. The molecule has 1 rings (SSSR count). The fourth-order valence-corrected chi connectivity index (χ4v) is 1.23. The van der Waals surface area contributed by atoms with Gasteiger partial charge in [0.25, 0.3) is 6.43 Å². The zero-order chi connectivity index (χ0) is 13.4. The maximum atomic E-state index is 12.5. The van der Waals surface area contributed by atoms with Crippen LogP contribution in [0.2, 0.25) is 0 Å². The van der Waals surface area contributed by atoms with Gasteiger partial charge >= 0.3 is 12.1 Å². The van der Waals surface area contributed by atoms with Crippen molar-refractivity contribution in [3.05, 3.63) is 22.9 Å². The molecule has 1 aromatic rings. The lowest BCUT2D eigenvalue weighted by molar-refractivity contribution is -0.140. The molecule has 94 valence electrons. The van der Waals surface area contributed by atoms with Crippen LogP contribution in [0, 0.1) is 0 Å². The molecule has 0 amide bonds.